The SMILES string of the molecule is COc1cccc(NC(=O)c2cc3cccc(OC)c3oc2=NNS(=O)(=O)c2ccc(C)cc2)c1. The van der Waals surface area contributed by atoms with E-state index < -0.39 is 15.9 Å². The Morgan fingerprint density at radius 1 is 0.943 bits per heavy atom. The van der Waals surface area contributed by atoms with Gasteiger partial charge in [0.05, 0.1) is 19.1 Å². The van der Waals surface area contributed by atoms with Gasteiger partial charge in [0, 0.05) is 17.1 Å². The van der Waals surface area contributed by atoms with E-state index in [9.17, 15) is 13.2 Å². The van der Waals surface area contributed by atoms with Crippen molar-refractivity contribution in [3.63, 3.8) is 0 Å². The smallest absolute Gasteiger partial charge is 0.276 e. The Balaban J connectivity index is 1.79. The number of anilines is 1. The summed E-state index contributed by atoms with van der Waals surface area (Å²) in [4.78, 5) is 15.4. The number of carbonyl (C=O) groups is 1. The van der Waals surface area contributed by atoms with Gasteiger partial charge < -0.3 is 19.2 Å². The molecule has 9 nitrogen and oxygen atoms in total. The van der Waals surface area contributed by atoms with E-state index in [0.717, 1.165) is 5.56 Å². The molecule has 0 atom stereocenters. The molecule has 4 rings (SSSR count). The van der Waals surface area contributed by atoms with E-state index in [1.807, 2.05) is 6.92 Å². The van der Waals surface area contributed by atoms with E-state index in [1.165, 1.54) is 26.4 Å². The summed E-state index contributed by atoms with van der Waals surface area (Å²) in [6.45, 7) is 1.85. The highest BCUT2D eigenvalue weighted by atomic mass is 32.2. The van der Waals surface area contributed by atoms with Crippen molar-refractivity contribution in [2.75, 3.05) is 19.5 Å². The van der Waals surface area contributed by atoms with Crippen molar-refractivity contribution < 1.29 is 27.1 Å². The first-order chi connectivity index (χ1) is 16.8. The lowest BCUT2D eigenvalue weighted by atomic mass is 10.1. The number of ether oxygens (including phenoxy) is 2. The average Bonchev–Trinajstić information content (AvgIpc) is 2.87. The van der Waals surface area contributed by atoms with Gasteiger partial charge in [-0.1, -0.05) is 35.9 Å². The number of aryl methyl sites for hydroxylation is 1. The highest BCUT2D eigenvalue weighted by Gasteiger charge is 2.17. The number of benzene rings is 3. The summed E-state index contributed by atoms with van der Waals surface area (Å²) in [5, 5.41) is 7.28. The molecule has 35 heavy (non-hydrogen) atoms. The molecular weight excluding hydrogens is 470 g/mol. The first-order valence-electron chi connectivity index (χ1n) is 10.5. The van der Waals surface area contributed by atoms with Crippen LogP contribution in [0.2, 0.25) is 0 Å². The van der Waals surface area contributed by atoms with Crippen molar-refractivity contribution in [3.8, 4) is 11.5 Å². The first kappa shape index (κ1) is 23.8. The highest BCUT2D eigenvalue weighted by molar-refractivity contribution is 7.89. The minimum Gasteiger partial charge on any atom is -0.497 e. The molecule has 1 amide bonds. The molecule has 10 heteroatoms. The van der Waals surface area contributed by atoms with Gasteiger partial charge in [-0.3, -0.25) is 4.79 Å². The number of hydrogen-bond donors (Lipinski definition) is 2. The zero-order valence-electron chi connectivity index (χ0n) is 19.2. The molecule has 3 aromatic carbocycles. The summed E-state index contributed by atoms with van der Waals surface area (Å²) in [6, 6.07) is 19.8. The largest absolute Gasteiger partial charge is 0.497 e. The van der Waals surface area contributed by atoms with Crippen LogP contribution >= 0.6 is 0 Å². The molecule has 2 N–H and O–H groups in total. The van der Waals surface area contributed by atoms with Crippen LogP contribution in [0.15, 0.2) is 87.2 Å². The molecule has 0 saturated carbocycles. The zero-order chi connectivity index (χ0) is 25.0. The minimum absolute atomic E-state index is 0.0141. The summed E-state index contributed by atoms with van der Waals surface area (Å²) < 4.78 is 41.9. The monoisotopic (exact) mass is 493 g/mol. The van der Waals surface area contributed by atoms with Crippen molar-refractivity contribution >= 4 is 32.6 Å². The fraction of sp³-hybridized carbons (Fsp3) is 0.120. The van der Waals surface area contributed by atoms with Crippen LogP contribution < -0.4 is 25.2 Å². The highest BCUT2D eigenvalue weighted by Crippen LogP contribution is 2.25. The number of fused-ring (bicyclic) bond motifs is 1. The Labute approximate surface area is 202 Å². The normalized spacial score (nSPS) is 11.8. The van der Waals surface area contributed by atoms with Gasteiger partial charge in [0.2, 0.25) is 5.55 Å². The van der Waals surface area contributed by atoms with Crippen molar-refractivity contribution in [2.24, 2.45) is 5.10 Å². The van der Waals surface area contributed by atoms with Gasteiger partial charge in [-0.25, -0.2) is 0 Å². The number of amides is 1. The van der Waals surface area contributed by atoms with E-state index in [0.29, 0.717) is 28.2 Å². The van der Waals surface area contributed by atoms with Crippen LogP contribution in [0.3, 0.4) is 0 Å². The second-order valence-electron chi connectivity index (χ2n) is 7.55. The van der Waals surface area contributed by atoms with E-state index in [2.05, 4.69) is 15.2 Å². The molecule has 0 radical (unpaired) electrons. The maximum atomic E-state index is 13.2. The molecule has 0 spiro atoms. The second kappa shape index (κ2) is 9.90. The fourth-order valence-corrected chi connectivity index (χ4v) is 4.10. The Morgan fingerprint density at radius 2 is 1.69 bits per heavy atom. The van der Waals surface area contributed by atoms with Gasteiger partial charge in [0.25, 0.3) is 15.9 Å². The Kier molecular flexibility index (Phi) is 6.74. The van der Waals surface area contributed by atoms with Crippen molar-refractivity contribution in [1.82, 2.24) is 4.83 Å². The molecular formula is C25H23N3O6S. The lowest BCUT2D eigenvalue weighted by Crippen LogP contribution is -2.27. The standard InChI is InChI=1S/C25H23N3O6S/c1-16-10-12-20(13-11-16)35(30,31)28-27-25-21(14-17-6-4-9-22(33-3)23(17)34-25)24(29)26-18-7-5-8-19(15-18)32-2/h4-15,28H,1-3H3,(H,26,29). The molecule has 0 aliphatic rings. The van der Waals surface area contributed by atoms with Gasteiger partial charge in [-0.15, -0.1) is 5.10 Å². The molecule has 0 saturated heterocycles. The van der Waals surface area contributed by atoms with E-state index in [1.54, 1.807) is 60.7 Å². The number of carbonyl (C=O) groups excluding carboxylic acids is 1. The lowest BCUT2D eigenvalue weighted by molar-refractivity contribution is 0.102. The predicted octanol–water partition coefficient (Wildman–Crippen LogP) is 3.80. The van der Waals surface area contributed by atoms with Gasteiger partial charge in [-0.05, 0) is 43.3 Å². The fourth-order valence-electron chi connectivity index (χ4n) is 3.30. The second-order valence-corrected chi connectivity index (χ2v) is 9.21. The summed E-state index contributed by atoms with van der Waals surface area (Å²) in [7, 11) is -1.01. The van der Waals surface area contributed by atoms with Crippen LogP contribution in [-0.2, 0) is 10.0 Å². The summed E-state index contributed by atoms with van der Waals surface area (Å²) in [5.41, 5.74) is 1.47. The molecule has 0 aliphatic carbocycles. The molecule has 0 aliphatic heterocycles. The average molecular weight is 494 g/mol. The molecule has 0 fully saturated rings. The van der Waals surface area contributed by atoms with Crippen LogP contribution in [-0.4, -0.2) is 28.5 Å². The van der Waals surface area contributed by atoms with Gasteiger partial charge >= 0.3 is 0 Å². The number of nitrogens with one attached hydrogen (secondary N) is 2. The van der Waals surface area contributed by atoms with Crippen LogP contribution in [0.5, 0.6) is 11.5 Å². The van der Waals surface area contributed by atoms with Crippen LogP contribution in [0, 0.1) is 6.92 Å². The third-order valence-electron chi connectivity index (χ3n) is 5.13. The number of hydrogen-bond acceptors (Lipinski definition) is 7. The minimum atomic E-state index is -4.01. The van der Waals surface area contributed by atoms with Crippen molar-refractivity contribution in [3.05, 3.63) is 89.5 Å². The Bertz CT molecular complexity index is 1560. The maximum Gasteiger partial charge on any atom is 0.276 e. The summed E-state index contributed by atoms with van der Waals surface area (Å²) in [5.74, 6) is 0.409. The van der Waals surface area contributed by atoms with E-state index in [-0.39, 0.29) is 16.0 Å². The first-order valence-corrected chi connectivity index (χ1v) is 12.0. The molecule has 180 valence electrons. The topological polar surface area (TPSA) is 119 Å². The van der Waals surface area contributed by atoms with Crippen LogP contribution in [0.1, 0.15) is 15.9 Å². The Hall–Kier alpha value is -4.31. The van der Waals surface area contributed by atoms with E-state index >= 15 is 0 Å². The van der Waals surface area contributed by atoms with Crippen molar-refractivity contribution in [1.29, 1.82) is 0 Å². The van der Waals surface area contributed by atoms with Crippen LogP contribution in [0.4, 0.5) is 5.69 Å². The number of sulfonamides is 1. The molecule has 1 heterocycles. The molecule has 0 bridgehead atoms. The van der Waals surface area contributed by atoms with Crippen molar-refractivity contribution in [2.45, 2.75) is 11.8 Å². The molecule has 4 aromatic rings. The number of para-hydroxylation sites is 1. The summed E-state index contributed by atoms with van der Waals surface area (Å²) >= 11 is 0. The number of rotatable bonds is 7. The molecule has 1 aromatic heterocycles. The molecule has 0 unspecified atom stereocenters. The quantitative estimate of drug-likeness (QED) is 0.378. The third kappa shape index (κ3) is 5.28. The van der Waals surface area contributed by atoms with Crippen LogP contribution in [0.25, 0.3) is 11.0 Å². The number of methoxy groups -OCH3 is 2. The van der Waals surface area contributed by atoms with Gasteiger partial charge in [0.15, 0.2) is 11.3 Å². The maximum absolute atomic E-state index is 13.2. The zero-order valence-corrected chi connectivity index (χ0v) is 20.0. The van der Waals surface area contributed by atoms with Gasteiger partial charge in [0.1, 0.15) is 11.3 Å². The summed E-state index contributed by atoms with van der Waals surface area (Å²) in [6.07, 6.45) is 0. The Morgan fingerprint density at radius 3 is 2.40 bits per heavy atom. The van der Waals surface area contributed by atoms with Gasteiger partial charge in [-0.2, -0.15) is 13.2 Å². The number of nitrogens with zero attached hydrogens (tertiary/aromatic N) is 1. The predicted molar refractivity (Wildman–Crippen MR) is 131 cm³/mol. The lowest BCUT2D eigenvalue weighted by Gasteiger charge is -2.10. The third-order valence-corrected chi connectivity index (χ3v) is 6.35. The van der Waals surface area contributed by atoms with E-state index in [4.69, 9.17) is 13.9 Å².